The maximum Gasteiger partial charge on any atom is 0.407 e. The Kier molecular flexibility index (Phi) is 8.82. The number of alkyl carbamates (subject to hydrolysis) is 1. The Morgan fingerprint density at radius 3 is 2.57 bits per heavy atom. The van der Waals surface area contributed by atoms with E-state index >= 15 is 0 Å². The molecule has 2 saturated heterocycles. The summed E-state index contributed by atoms with van der Waals surface area (Å²) in [4.78, 5) is 21.4. The molecule has 0 aromatic heterocycles. The van der Waals surface area contributed by atoms with Gasteiger partial charge in [-0.2, -0.15) is 0 Å². The van der Waals surface area contributed by atoms with Gasteiger partial charge in [-0.05, 0) is 59.9 Å². The predicted molar refractivity (Wildman–Crippen MR) is 112 cm³/mol. The monoisotopic (exact) mass is 397 g/mol. The van der Waals surface area contributed by atoms with Crippen LogP contribution in [0.2, 0.25) is 0 Å². The minimum Gasteiger partial charge on any atom is -0.444 e. The van der Waals surface area contributed by atoms with Gasteiger partial charge >= 0.3 is 6.09 Å². The van der Waals surface area contributed by atoms with Crippen LogP contribution in [-0.2, 0) is 4.74 Å². The number of carbonyl (C=O) groups is 1. The first-order valence-corrected chi connectivity index (χ1v) is 10.7. The largest absolute Gasteiger partial charge is 0.444 e. The first-order valence-electron chi connectivity index (χ1n) is 10.7. The van der Waals surface area contributed by atoms with Crippen LogP contribution in [-0.4, -0.2) is 90.5 Å². The van der Waals surface area contributed by atoms with Gasteiger partial charge < -0.3 is 30.3 Å². The van der Waals surface area contributed by atoms with Gasteiger partial charge in [0.15, 0.2) is 5.96 Å². The van der Waals surface area contributed by atoms with Crippen molar-refractivity contribution in [1.82, 2.24) is 20.4 Å². The highest BCUT2D eigenvalue weighted by atomic mass is 16.6. The Hall–Kier alpha value is -1.54. The summed E-state index contributed by atoms with van der Waals surface area (Å²) in [7, 11) is 0. The lowest BCUT2D eigenvalue weighted by Crippen LogP contribution is -2.44. The topological polar surface area (TPSA) is 89.4 Å². The molecule has 0 spiro atoms. The molecule has 2 rings (SSSR count). The zero-order valence-corrected chi connectivity index (χ0v) is 18.0. The number of guanidine groups is 1. The third-order valence-electron chi connectivity index (χ3n) is 4.99. The number of nitrogens with one attached hydrogen (secondary N) is 2. The van der Waals surface area contributed by atoms with E-state index in [2.05, 4.69) is 27.4 Å². The van der Waals surface area contributed by atoms with Gasteiger partial charge in [0, 0.05) is 39.3 Å². The number of aliphatic hydroxyl groups excluding tert-OH is 1. The van der Waals surface area contributed by atoms with Crippen LogP contribution in [0.25, 0.3) is 0 Å². The molecule has 1 unspecified atom stereocenters. The summed E-state index contributed by atoms with van der Waals surface area (Å²) < 4.78 is 5.35. The first-order chi connectivity index (χ1) is 13.3. The minimum absolute atomic E-state index is 0.0819. The van der Waals surface area contributed by atoms with Crippen LogP contribution in [0.1, 0.15) is 53.4 Å². The molecule has 2 fully saturated rings. The molecule has 0 bridgehead atoms. The first kappa shape index (κ1) is 22.7. The number of amides is 1. The number of nitrogens with zero attached hydrogens (tertiary/aromatic N) is 3. The number of ether oxygens (including phenoxy) is 1. The molecule has 1 amide bonds. The molecule has 0 saturated carbocycles. The standard InChI is InChI=1S/C20H39N5O3/c1-5-21-18(22-10-6-11-24-12-8-17(26)9-13-24)25-14-7-16(15-25)23-19(27)28-20(2,3)4/h16-17,26H,5-15H2,1-4H3,(H,21,22)(H,23,27). The van der Waals surface area contributed by atoms with Crippen LogP contribution in [0.3, 0.4) is 0 Å². The van der Waals surface area contributed by atoms with Gasteiger partial charge in [0.25, 0.3) is 0 Å². The number of likely N-dealkylation sites (tertiary alicyclic amines) is 2. The fraction of sp³-hybridized carbons (Fsp3) is 0.900. The van der Waals surface area contributed by atoms with Crippen molar-refractivity contribution in [2.24, 2.45) is 4.99 Å². The van der Waals surface area contributed by atoms with Gasteiger partial charge in [0.2, 0.25) is 0 Å². The maximum absolute atomic E-state index is 12.0. The van der Waals surface area contributed by atoms with Gasteiger partial charge in [0.05, 0.1) is 12.1 Å². The Labute approximate surface area is 169 Å². The second-order valence-electron chi connectivity index (χ2n) is 8.74. The summed E-state index contributed by atoms with van der Waals surface area (Å²) >= 11 is 0. The van der Waals surface area contributed by atoms with Crippen LogP contribution in [0.15, 0.2) is 4.99 Å². The maximum atomic E-state index is 12.0. The lowest BCUT2D eigenvalue weighted by Gasteiger charge is -2.29. The number of rotatable bonds is 6. The summed E-state index contributed by atoms with van der Waals surface area (Å²) in [5, 5.41) is 15.9. The summed E-state index contributed by atoms with van der Waals surface area (Å²) in [6.45, 7) is 13.9. The Balaban J connectivity index is 1.74. The molecule has 2 heterocycles. The number of hydrogen-bond acceptors (Lipinski definition) is 5. The Morgan fingerprint density at radius 1 is 1.21 bits per heavy atom. The molecule has 0 aromatic carbocycles. The van der Waals surface area contributed by atoms with Crippen molar-refractivity contribution >= 4 is 12.1 Å². The lowest BCUT2D eigenvalue weighted by atomic mass is 10.1. The number of aliphatic hydroxyl groups is 1. The van der Waals surface area contributed by atoms with E-state index in [0.29, 0.717) is 0 Å². The van der Waals surface area contributed by atoms with E-state index in [0.717, 1.165) is 77.5 Å². The molecule has 3 N–H and O–H groups in total. The summed E-state index contributed by atoms with van der Waals surface area (Å²) in [6.07, 6.45) is 3.19. The molecule has 0 radical (unpaired) electrons. The Morgan fingerprint density at radius 2 is 1.93 bits per heavy atom. The van der Waals surface area contributed by atoms with E-state index in [-0.39, 0.29) is 18.2 Å². The fourth-order valence-corrected chi connectivity index (χ4v) is 3.59. The fourth-order valence-electron chi connectivity index (χ4n) is 3.59. The van der Waals surface area contributed by atoms with E-state index in [9.17, 15) is 9.90 Å². The van der Waals surface area contributed by atoms with Crippen molar-refractivity contribution in [3.8, 4) is 0 Å². The van der Waals surface area contributed by atoms with E-state index in [1.807, 2.05) is 20.8 Å². The van der Waals surface area contributed by atoms with Crippen LogP contribution in [0.5, 0.6) is 0 Å². The number of carbonyl (C=O) groups excluding carboxylic acids is 1. The molecular weight excluding hydrogens is 358 g/mol. The summed E-state index contributed by atoms with van der Waals surface area (Å²) in [5.41, 5.74) is -0.481. The lowest BCUT2D eigenvalue weighted by molar-refractivity contribution is 0.0507. The van der Waals surface area contributed by atoms with Crippen molar-refractivity contribution in [2.45, 2.75) is 71.1 Å². The zero-order chi connectivity index (χ0) is 20.6. The normalized spacial score (nSPS) is 22.4. The van der Waals surface area contributed by atoms with Crippen LogP contribution in [0.4, 0.5) is 4.79 Å². The number of piperidine rings is 1. The van der Waals surface area contributed by atoms with E-state index in [1.165, 1.54) is 0 Å². The third-order valence-corrected chi connectivity index (χ3v) is 4.99. The second-order valence-corrected chi connectivity index (χ2v) is 8.74. The SMILES string of the molecule is CCNC(=NCCCN1CCC(O)CC1)N1CCC(NC(=O)OC(C)(C)C)C1. The van der Waals surface area contributed by atoms with Gasteiger partial charge in [-0.1, -0.05) is 0 Å². The van der Waals surface area contributed by atoms with Crippen LogP contribution >= 0.6 is 0 Å². The van der Waals surface area contributed by atoms with Gasteiger partial charge in [-0.25, -0.2) is 4.79 Å². The third kappa shape index (κ3) is 8.22. The molecule has 2 aliphatic rings. The van der Waals surface area contributed by atoms with E-state index < -0.39 is 5.60 Å². The molecule has 0 aliphatic carbocycles. The van der Waals surface area contributed by atoms with Gasteiger partial charge in [0.1, 0.15) is 5.60 Å². The molecule has 0 aromatic rings. The molecule has 28 heavy (non-hydrogen) atoms. The minimum atomic E-state index is -0.481. The quantitative estimate of drug-likeness (QED) is 0.357. The van der Waals surface area contributed by atoms with Crippen molar-refractivity contribution in [2.75, 3.05) is 45.8 Å². The highest BCUT2D eigenvalue weighted by Gasteiger charge is 2.27. The Bertz CT molecular complexity index is 512. The second kappa shape index (κ2) is 10.9. The van der Waals surface area contributed by atoms with Crippen molar-refractivity contribution in [1.29, 1.82) is 0 Å². The molecule has 2 aliphatic heterocycles. The zero-order valence-electron chi connectivity index (χ0n) is 18.0. The molecule has 8 heteroatoms. The smallest absolute Gasteiger partial charge is 0.407 e. The van der Waals surface area contributed by atoms with E-state index in [1.54, 1.807) is 0 Å². The molecule has 162 valence electrons. The number of hydrogen-bond donors (Lipinski definition) is 3. The molecule has 8 nitrogen and oxygen atoms in total. The van der Waals surface area contributed by atoms with Crippen molar-refractivity contribution in [3.63, 3.8) is 0 Å². The summed E-state index contributed by atoms with van der Waals surface area (Å²) in [6, 6.07) is 0.0819. The molecule has 1 atom stereocenters. The summed E-state index contributed by atoms with van der Waals surface area (Å²) in [5.74, 6) is 0.921. The van der Waals surface area contributed by atoms with E-state index in [4.69, 9.17) is 9.73 Å². The average Bonchev–Trinajstić information content (AvgIpc) is 3.05. The highest BCUT2D eigenvalue weighted by Crippen LogP contribution is 2.13. The molecular formula is C20H39N5O3. The highest BCUT2D eigenvalue weighted by molar-refractivity contribution is 5.80. The van der Waals surface area contributed by atoms with Gasteiger partial charge in [-0.15, -0.1) is 0 Å². The van der Waals surface area contributed by atoms with Crippen molar-refractivity contribution in [3.05, 3.63) is 0 Å². The van der Waals surface area contributed by atoms with Gasteiger partial charge in [-0.3, -0.25) is 4.99 Å². The van der Waals surface area contributed by atoms with Crippen molar-refractivity contribution < 1.29 is 14.6 Å². The average molecular weight is 398 g/mol. The predicted octanol–water partition coefficient (Wildman–Crippen LogP) is 1.40. The number of aliphatic imine (C=N–C) groups is 1. The van der Waals surface area contributed by atoms with Crippen LogP contribution < -0.4 is 10.6 Å². The van der Waals surface area contributed by atoms with Crippen LogP contribution in [0, 0.1) is 0 Å².